The summed E-state index contributed by atoms with van der Waals surface area (Å²) in [5, 5.41) is 7.44. The standard InChI is InChI=1S/C12H11N3O4/c16-11-6-8(14-15-11)12(17)13-7-1-2-9-10(5-7)19-4-3-18-9/h1-2,5-6H,3-4H2,(H,13,17)(H2,14,15,16). The van der Waals surface area contributed by atoms with Crippen molar-refractivity contribution in [1.82, 2.24) is 10.2 Å². The van der Waals surface area contributed by atoms with Crippen LogP contribution in [0.2, 0.25) is 0 Å². The van der Waals surface area contributed by atoms with E-state index >= 15 is 0 Å². The first-order chi connectivity index (χ1) is 9.22. The first kappa shape index (κ1) is 11.4. The Morgan fingerprint density at radius 3 is 2.63 bits per heavy atom. The molecule has 2 aromatic rings. The number of hydrogen-bond donors (Lipinski definition) is 3. The van der Waals surface area contributed by atoms with Gasteiger partial charge in [-0.3, -0.25) is 19.8 Å². The van der Waals surface area contributed by atoms with Gasteiger partial charge in [0.1, 0.15) is 18.9 Å². The second kappa shape index (κ2) is 4.52. The lowest BCUT2D eigenvalue weighted by Gasteiger charge is -2.18. The molecule has 3 N–H and O–H groups in total. The molecule has 7 nitrogen and oxygen atoms in total. The maximum atomic E-state index is 11.8. The third kappa shape index (κ3) is 2.30. The molecule has 0 saturated heterocycles. The Labute approximate surface area is 107 Å². The van der Waals surface area contributed by atoms with Crippen molar-refractivity contribution < 1.29 is 14.3 Å². The van der Waals surface area contributed by atoms with Crippen LogP contribution in [0.4, 0.5) is 5.69 Å². The van der Waals surface area contributed by atoms with Gasteiger partial charge in [0.2, 0.25) is 0 Å². The van der Waals surface area contributed by atoms with Gasteiger partial charge in [-0.05, 0) is 12.1 Å². The van der Waals surface area contributed by atoms with Crippen molar-refractivity contribution in [2.45, 2.75) is 0 Å². The van der Waals surface area contributed by atoms with Crippen molar-refractivity contribution in [2.75, 3.05) is 18.5 Å². The van der Waals surface area contributed by atoms with Gasteiger partial charge in [0.05, 0.1) is 0 Å². The van der Waals surface area contributed by atoms with Gasteiger partial charge in [-0.1, -0.05) is 0 Å². The molecule has 0 bridgehead atoms. The first-order valence-electron chi connectivity index (χ1n) is 5.71. The van der Waals surface area contributed by atoms with Crippen molar-refractivity contribution in [1.29, 1.82) is 0 Å². The molecule has 0 radical (unpaired) electrons. The highest BCUT2D eigenvalue weighted by molar-refractivity contribution is 6.02. The number of hydrogen-bond acceptors (Lipinski definition) is 4. The summed E-state index contributed by atoms with van der Waals surface area (Å²) in [4.78, 5) is 22.8. The zero-order valence-corrected chi connectivity index (χ0v) is 9.86. The van der Waals surface area contributed by atoms with Crippen LogP contribution in [0.5, 0.6) is 11.5 Å². The number of benzene rings is 1. The first-order valence-corrected chi connectivity index (χ1v) is 5.71. The number of aromatic nitrogens is 2. The number of amides is 1. The molecular weight excluding hydrogens is 250 g/mol. The van der Waals surface area contributed by atoms with Crippen LogP contribution in [0, 0.1) is 0 Å². The van der Waals surface area contributed by atoms with Gasteiger partial charge in [-0.15, -0.1) is 0 Å². The molecule has 7 heteroatoms. The lowest BCUT2D eigenvalue weighted by Crippen LogP contribution is -2.16. The molecular formula is C12H11N3O4. The molecule has 0 unspecified atom stereocenters. The highest BCUT2D eigenvalue weighted by atomic mass is 16.6. The number of ether oxygens (including phenoxy) is 2. The molecule has 0 spiro atoms. The van der Waals surface area contributed by atoms with Gasteiger partial charge in [0.25, 0.3) is 11.5 Å². The summed E-state index contributed by atoms with van der Waals surface area (Å²) in [7, 11) is 0. The molecule has 1 aromatic carbocycles. The van der Waals surface area contributed by atoms with Crippen LogP contribution in [-0.2, 0) is 0 Å². The quantitative estimate of drug-likeness (QED) is 0.742. The van der Waals surface area contributed by atoms with E-state index in [0.29, 0.717) is 30.4 Å². The van der Waals surface area contributed by atoms with E-state index in [9.17, 15) is 9.59 Å². The summed E-state index contributed by atoms with van der Waals surface area (Å²) in [6, 6.07) is 6.30. The second-order valence-electron chi connectivity index (χ2n) is 3.98. The van der Waals surface area contributed by atoms with E-state index in [-0.39, 0.29) is 11.3 Å². The fraction of sp³-hybridized carbons (Fsp3) is 0.167. The summed E-state index contributed by atoms with van der Waals surface area (Å²) in [6.07, 6.45) is 0. The minimum atomic E-state index is -0.407. The summed E-state index contributed by atoms with van der Waals surface area (Å²) in [6.45, 7) is 0.999. The maximum Gasteiger partial charge on any atom is 0.273 e. The lowest BCUT2D eigenvalue weighted by molar-refractivity contribution is 0.102. The fourth-order valence-corrected chi connectivity index (χ4v) is 1.77. The SMILES string of the molecule is O=C(Nc1ccc2c(c1)OCCO2)c1cc(=O)[nH][nH]1. The van der Waals surface area contributed by atoms with Crippen LogP contribution < -0.4 is 20.3 Å². The minimum Gasteiger partial charge on any atom is -0.486 e. The van der Waals surface area contributed by atoms with E-state index in [4.69, 9.17) is 9.47 Å². The number of nitrogens with one attached hydrogen (secondary N) is 3. The van der Waals surface area contributed by atoms with E-state index in [1.807, 2.05) is 0 Å². The second-order valence-corrected chi connectivity index (χ2v) is 3.98. The molecule has 3 rings (SSSR count). The zero-order chi connectivity index (χ0) is 13.2. The van der Waals surface area contributed by atoms with E-state index in [1.54, 1.807) is 18.2 Å². The largest absolute Gasteiger partial charge is 0.486 e. The summed E-state index contributed by atoms with van der Waals surface area (Å²) in [5.41, 5.74) is 0.378. The van der Waals surface area contributed by atoms with E-state index in [0.717, 1.165) is 0 Å². The Morgan fingerprint density at radius 2 is 1.89 bits per heavy atom. The Hall–Kier alpha value is -2.70. The Bertz CT molecular complexity index is 674. The monoisotopic (exact) mass is 261 g/mol. The number of carbonyl (C=O) groups excluding carboxylic acids is 1. The normalized spacial score (nSPS) is 13.1. The summed E-state index contributed by atoms with van der Waals surface area (Å²) >= 11 is 0. The molecule has 2 heterocycles. The van der Waals surface area contributed by atoms with Crippen LogP contribution in [-0.4, -0.2) is 29.3 Å². The number of H-pyrrole nitrogens is 2. The van der Waals surface area contributed by atoms with Gasteiger partial charge >= 0.3 is 0 Å². The number of anilines is 1. The molecule has 1 amide bonds. The summed E-state index contributed by atoms with van der Waals surface area (Å²) < 4.78 is 10.8. The highest BCUT2D eigenvalue weighted by Crippen LogP contribution is 2.32. The van der Waals surface area contributed by atoms with E-state index < -0.39 is 5.91 Å². The topological polar surface area (TPSA) is 96.2 Å². The number of aromatic amines is 2. The van der Waals surface area contributed by atoms with Crippen LogP contribution in [0.25, 0.3) is 0 Å². The highest BCUT2D eigenvalue weighted by Gasteiger charge is 2.14. The van der Waals surface area contributed by atoms with E-state index in [2.05, 4.69) is 15.5 Å². The molecule has 0 saturated carbocycles. The fourth-order valence-electron chi connectivity index (χ4n) is 1.77. The molecule has 1 aliphatic heterocycles. The van der Waals surface area contributed by atoms with Gasteiger partial charge in [0.15, 0.2) is 11.5 Å². The van der Waals surface area contributed by atoms with Gasteiger partial charge < -0.3 is 14.8 Å². The summed E-state index contributed by atoms with van der Waals surface area (Å²) in [5.74, 6) is 0.834. The van der Waals surface area contributed by atoms with Crippen molar-refractivity contribution in [3.8, 4) is 11.5 Å². The molecule has 0 fully saturated rings. The van der Waals surface area contributed by atoms with Crippen molar-refractivity contribution in [2.24, 2.45) is 0 Å². The van der Waals surface area contributed by atoms with Crippen LogP contribution in [0.1, 0.15) is 10.5 Å². The Morgan fingerprint density at radius 1 is 1.11 bits per heavy atom. The maximum absolute atomic E-state index is 11.8. The smallest absolute Gasteiger partial charge is 0.273 e. The average molecular weight is 261 g/mol. The van der Waals surface area contributed by atoms with E-state index in [1.165, 1.54) is 6.07 Å². The third-order valence-electron chi connectivity index (χ3n) is 2.64. The Balaban J connectivity index is 1.80. The molecule has 0 atom stereocenters. The van der Waals surface area contributed by atoms with Crippen molar-refractivity contribution in [3.05, 3.63) is 40.3 Å². The lowest BCUT2D eigenvalue weighted by atomic mass is 10.2. The molecule has 1 aliphatic rings. The number of carbonyl (C=O) groups is 1. The van der Waals surface area contributed by atoms with Crippen molar-refractivity contribution >= 4 is 11.6 Å². The van der Waals surface area contributed by atoms with Gasteiger partial charge in [-0.25, -0.2) is 0 Å². The predicted molar refractivity (Wildman–Crippen MR) is 66.8 cm³/mol. The average Bonchev–Trinajstić information content (AvgIpc) is 2.85. The molecule has 19 heavy (non-hydrogen) atoms. The molecule has 0 aliphatic carbocycles. The van der Waals surface area contributed by atoms with Crippen LogP contribution in [0.3, 0.4) is 0 Å². The zero-order valence-electron chi connectivity index (χ0n) is 9.86. The van der Waals surface area contributed by atoms with Gasteiger partial charge in [0, 0.05) is 17.8 Å². The van der Waals surface area contributed by atoms with Crippen LogP contribution >= 0.6 is 0 Å². The number of rotatable bonds is 2. The van der Waals surface area contributed by atoms with Gasteiger partial charge in [-0.2, -0.15) is 0 Å². The molecule has 98 valence electrons. The third-order valence-corrected chi connectivity index (χ3v) is 2.64. The molecule has 1 aromatic heterocycles. The van der Waals surface area contributed by atoms with Crippen LogP contribution in [0.15, 0.2) is 29.1 Å². The minimum absolute atomic E-state index is 0.167. The predicted octanol–water partition coefficient (Wildman–Crippen LogP) is 0.726. The Kier molecular flexibility index (Phi) is 2.71. The number of fused-ring (bicyclic) bond motifs is 1. The van der Waals surface area contributed by atoms with Crippen molar-refractivity contribution in [3.63, 3.8) is 0 Å².